The van der Waals surface area contributed by atoms with E-state index in [4.69, 9.17) is 0 Å². The summed E-state index contributed by atoms with van der Waals surface area (Å²) >= 11 is 0. The maximum atomic E-state index is 12.6. The van der Waals surface area contributed by atoms with Crippen LogP contribution in [0.25, 0.3) is 17.3 Å². The summed E-state index contributed by atoms with van der Waals surface area (Å²) in [5.41, 5.74) is 2.75. The fraction of sp³-hybridized carbons (Fsp3) is 0.182. The number of piperazine rings is 1. The van der Waals surface area contributed by atoms with Gasteiger partial charge in [-0.3, -0.25) is 0 Å². The summed E-state index contributed by atoms with van der Waals surface area (Å²) in [6, 6.07) is 21.3. The lowest BCUT2D eigenvalue weighted by atomic mass is 10.1. The molecule has 3 aromatic rings. The van der Waals surface area contributed by atoms with Gasteiger partial charge in [-0.25, -0.2) is 18.4 Å². The molecule has 1 aliphatic heterocycles. The van der Waals surface area contributed by atoms with Gasteiger partial charge in [0.2, 0.25) is 10.0 Å². The molecule has 0 bridgehead atoms. The molecule has 1 aliphatic rings. The predicted octanol–water partition coefficient (Wildman–Crippen LogP) is 3.27. The maximum Gasteiger partial charge on any atom is 0.236 e. The Morgan fingerprint density at radius 3 is 2.17 bits per heavy atom. The first kappa shape index (κ1) is 19.3. The van der Waals surface area contributed by atoms with Gasteiger partial charge in [-0.15, -0.1) is 0 Å². The lowest BCUT2D eigenvalue weighted by molar-refractivity contribution is 0.389. The van der Waals surface area contributed by atoms with E-state index in [9.17, 15) is 8.42 Å². The minimum atomic E-state index is -3.44. The minimum absolute atomic E-state index is 0.423. The van der Waals surface area contributed by atoms with Gasteiger partial charge >= 0.3 is 0 Å². The quantitative estimate of drug-likeness (QED) is 0.651. The summed E-state index contributed by atoms with van der Waals surface area (Å²) in [6.07, 6.45) is 3.20. The van der Waals surface area contributed by atoms with Crippen LogP contribution in [0.3, 0.4) is 0 Å². The molecular formula is C22H22N4O2S. The lowest BCUT2D eigenvalue weighted by Gasteiger charge is -2.34. The fourth-order valence-electron chi connectivity index (χ4n) is 3.27. The summed E-state index contributed by atoms with van der Waals surface area (Å²) < 4.78 is 26.8. The van der Waals surface area contributed by atoms with Crippen LogP contribution in [0.15, 0.2) is 78.5 Å². The van der Waals surface area contributed by atoms with Crippen molar-refractivity contribution in [3.8, 4) is 11.3 Å². The van der Waals surface area contributed by atoms with E-state index in [0.717, 1.165) is 22.6 Å². The van der Waals surface area contributed by atoms with Gasteiger partial charge in [0.25, 0.3) is 0 Å². The first-order valence-corrected chi connectivity index (χ1v) is 11.0. The van der Waals surface area contributed by atoms with Crippen molar-refractivity contribution in [2.24, 2.45) is 0 Å². The monoisotopic (exact) mass is 406 g/mol. The van der Waals surface area contributed by atoms with Crippen LogP contribution < -0.4 is 4.90 Å². The van der Waals surface area contributed by atoms with E-state index in [1.165, 1.54) is 9.71 Å². The summed E-state index contributed by atoms with van der Waals surface area (Å²) in [6.45, 7) is 2.02. The molecule has 0 N–H and O–H groups in total. The first-order valence-electron chi connectivity index (χ1n) is 9.47. The summed E-state index contributed by atoms with van der Waals surface area (Å²) in [5, 5.41) is 1.29. The number of anilines is 1. The van der Waals surface area contributed by atoms with Crippen molar-refractivity contribution < 1.29 is 8.42 Å². The van der Waals surface area contributed by atoms with Gasteiger partial charge in [0.1, 0.15) is 12.1 Å². The van der Waals surface area contributed by atoms with Crippen molar-refractivity contribution >= 4 is 21.9 Å². The molecule has 0 radical (unpaired) electrons. The second kappa shape index (κ2) is 8.55. The molecule has 0 unspecified atom stereocenters. The molecule has 148 valence electrons. The van der Waals surface area contributed by atoms with E-state index in [1.54, 1.807) is 12.4 Å². The normalized spacial score (nSPS) is 15.7. The highest BCUT2D eigenvalue weighted by Gasteiger charge is 2.25. The number of nitrogens with zero attached hydrogens (tertiary/aromatic N) is 4. The second-order valence-electron chi connectivity index (χ2n) is 6.77. The topological polar surface area (TPSA) is 66.4 Å². The standard InChI is InChI=1S/C22H22N4O2S/c27-29(28,16-11-19-7-3-1-4-8-19)26-14-12-25(13-15-26)22-17-21(23-18-24-22)20-9-5-2-6-10-20/h1-11,16-18H,12-15H2/b16-11+. The molecule has 0 aliphatic carbocycles. The summed E-state index contributed by atoms with van der Waals surface area (Å²) in [4.78, 5) is 10.8. The van der Waals surface area contributed by atoms with Crippen LogP contribution >= 0.6 is 0 Å². The number of hydrogen-bond acceptors (Lipinski definition) is 5. The highest BCUT2D eigenvalue weighted by Crippen LogP contribution is 2.22. The van der Waals surface area contributed by atoms with Crippen molar-refractivity contribution in [1.29, 1.82) is 0 Å². The Labute approximate surface area is 171 Å². The van der Waals surface area contributed by atoms with Crippen LogP contribution in [-0.2, 0) is 10.0 Å². The van der Waals surface area contributed by atoms with Crippen molar-refractivity contribution in [2.75, 3.05) is 31.1 Å². The van der Waals surface area contributed by atoms with E-state index in [-0.39, 0.29) is 0 Å². The molecular weight excluding hydrogens is 384 g/mol. The molecule has 29 heavy (non-hydrogen) atoms. The van der Waals surface area contributed by atoms with E-state index < -0.39 is 10.0 Å². The molecule has 2 heterocycles. The van der Waals surface area contributed by atoms with E-state index in [0.29, 0.717) is 26.2 Å². The minimum Gasteiger partial charge on any atom is -0.354 e. The SMILES string of the molecule is O=S(=O)(/C=C/c1ccccc1)N1CCN(c2cc(-c3ccccc3)ncn2)CC1. The molecule has 4 rings (SSSR count). The number of hydrogen-bond donors (Lipinski definition) is 0. The van der Waals surface area contributed by atoms with Crippen LogP contribution in [0.2, 0.25) is 0 Å². The highest BCUT2D eigenvalue weighted by molar-refractivity contribution is 7.92. The number of rotatable bonds is 5. The van der Waals surface area contributed by atoms with E-state index in [1.807, 2.05) is 66.7 Å². The van der Waals surface area contributed by atoms with Gasteiger partial charge in [0, 0.05) is 43.2 Å². The fourth-order valence-corrected chi connectivity index (χ4v) is 4.45. The highest BCUT2D eigenvalue weighted by atomic mass is 32.2. The summed E-state index contributed by atoms with van der Waals surface area (Å²) in [5.74, 6) is 0.815. The molecule has 1 aromatic heterocycles. The van der Waals surface area contributed by atoms with Crippen molar-refractivity contribution in [1.82, 2.24) is 14.3 Å². The third kappa shape index (κ3) is 4.70. The third-order valence-electron chi connectivity index (χ3n) is 4.88. The molecule has 0 atom stereocenters. The second-order valence-corrected chi connectivity index (χ2v) is 8.59. The Morgan fingerprint density at radius 2 is 1.48 bits per heavy atom. The average Bonchev–Trinajstić information content (AvgIpc) is 2.79. The molecule has 1 fully saturated rings. The Hall–Kier alpha value is -3.03. The zero-order valence-corrected chi connectivity index (χ0v) is 16.7. The lowest BCUT2D eigenvalue weighted by Crippen LogP contribution is -2.48. The predicted molar refractivity (Wildman–Crippen MR) is 116 cm³/mol. The van der Waals surface area contributed by atoms with Gasteiger partial charge in [0.15, 0.2) is 0 Å². The van der Waals surface area contributed by atoms with Crippen molar-refractivity contribution in [3.05, 3.63) is 84.0 Å². The van der Waals surface area contributed by atoms with Crippen LogP contribution in [0.1, 0.15) is 5.56 Å². The molecule has 0 spiro atoms. The summed E-state index contributed by atoms with van der Waals surface area (Å²) in [7, 11) is -3.44. The molecule has 6 nitrogen and oxygen atoms in total. The molecule has 0 amide bonds. The maximum absolute atomic E-state index is 12.6. The van der Waals surface area contributed by atoms with Gasteiger partial charge in [-0.05, 0) is 11.6 Å². The third-order valence-corrected chi connectivity index (χ3v) is 6.44. The van der Waals surface area contributed by atoms with Crippen LogP contribution in [0.5, 0.6) is 0 Å². The number of aromatic nitrogens is 2. The smallest absolute Gasteiger partial charge is 0.236 e. The van der Waals surface area contributed by atoms with Gasteiger partial charge in [-0.2, -0.15) is 4.31 Å². The van der Waals surface area contributed by atoms with Crippen LogP contribution in [0, 0.1) is 0 Å². The Bertz CT molecular complexity index is 1080. The van der Waals surface area contributed by atoms with Crippen molar-refractivity contribution in [2.45, 2.75) is 0 Å². The van der Waals surface area contributed by atoms with Gasteiger partial charge < -0.3 is 4.90 Å². The molecule has 0 saturated carbocycles. The molecule has 1 saturated heterocycles. The van der Waals surface area contributed by atoms with Gasteiger partial charge in [0.05, 0.1) is 5.69 Å². The van der Waals surface area contributed by atoms with Gasteiger partial charge in [-0.1, -0.05) is 60.7 Å². The Morgan fingerprint density at radius 1 is 0.828 bits per heavy atom. The van der Waals surface area contributed by atoms with E-state index in [2.05, 4.69) is 14.9 Å². The van der Waals surface area contributed by atoms with E-state index >= 15 is 0 Å². The Kier molecular flexibility index (Phi) is 5.69. The zero-order valence-electron chi connectivity index (χ0n) is 15.9. The van der Waals surface area contributed by atoms with Crippen molar-refractivity contribution in [3.63, 3.8) is 0 Å². The average molecular weight is 407 g/mol. The first-order chi connectivity index (χ1) is 14.1. The molecule has 7 heteroatoms. The Balaban J connectivity index is 1.42. The number of benzene rings is 2. The largest absolute Gasteiger partial charge is 0.354 e. The number of sulfonamides is 1. The zero-order chi connectivity index (χ0) is 20.1. The van der Waals surface area contributed by atoms with Crippen LogP contribution in [0.4, 0.5) is 5.82 Å². The molecule has 2 aromatic carbocycles. The van der Waals surface area contributed by atoms with Crippen LogP contribution in [-0.4, -0.2) is 48.9 Å².